The molecule has 10 aromatic rings. The second-order valence-corrected chi connectivity index (χ2v) is 17.7. The van der Waals surface area contributed by atoms with Gasteiger partial charge in [-0.25, -0.2) is 24.9 Å². The Morgan fingerprint density at radius 3 is 2.03 bits per heavy atom. The Morgan fingerprint density at radius 2 is 1.30 bits per heavy atom. The summed E-state index contributed by atoms with van der Waals surface area (Å²) >= 11 is 3.28. The number of nitrogens with zero attached hydrogens (tertiary/aromatic N) is 12. The molecule has 14 heteroatoms. The third-order valence-corrected chi connectivity index (χ3v) is 13.4. The predicted molar refractivity (Wildman–Crippen MR) is 258 cm³/mol. The van der Waals surface area contributed by atoms with Gasteiger partial charge >= 0.3 is 0 Å². The van der Waals surface area contributed by atoms with Gasteiger partial charge in [0.25, 0.3) is 0 Å². The fourth-order valence-corrected chi connectivity index (χ4v) is 10.3. The SMILES string of the molecule is CN(Cc1cnn(C)c1)c1nc(-c2ccccn2)nc2scc(-c3ccc(-c4cccc(-c5nc(N6CCN(Cc7cccnc7)CC6)c6c(-c7ccccc7)csc6n5)n4)cc3)c12. The van der Waals surface area contributed by atoms with Crippen LogP contribution in [0.4, 0.5) is 11.6 Å². The van der Waals surface area contributed by atoms with Crippen molar-refractivity contribution in [3.63, 3.8) is 0 Å². The van der Waals surface area contributed by atoms with Gasteiger partial charge in [0.15, 0.2) is 11.6 Å². The summed E-state index contributed by atoms with van der Waals surface area (Å²) < 4.78 is 1.82. The molecule has 0 bridgehead atoms. The van der Waals surface area contributed by atoms with E-state index in [0.29, 0.717) is 18.2 Å². The maximum Gasteiger partial charge on any atom is 0.181 e. The molecular formula is C50H42N12S2. The molecule has 0 amide bonds. The van der Waals surface area contributed by atoms with Gasteiger partial charge in [-0.3, -0.25) is 19.5 Å². The Bertz CT molecular complexity index is 3220. The van der Waals surface area contributed by atoms with Crippen LogP contribution in [-0.4, -0.2) is 82.8 Å². The molecule has 2 aromatic carbocycles. The van der Waals surface area contributed by atoms with Crippen LogP contribution in [0.25, 0.3) is 77.0 Å². The summed E-state index contributed by atoms with van der Waals surface area (Å²) in [6.07, 6.45) is 9.49. The highest BCUT2D eigenvalue weighted by molar-refractivity contribution is 7.17. The molecule has 1 aliphatic rings. The maximum atomic E-state index is 5.36. The number of benzene rings is 2. The van der Waals surface area contributed by atoms with Gasteiger partial charge in [0.1, 0.15) is 32.7 Å². The Kier molecular flexibility index (Phi) is 10.6. The fourth-order valence-electron chi connectivity index (χ4n) is 8.43. The lowest BCUT2D eigenvalue weighted by atomic mass is 10.0. The average Bonchev–Trinajstić information content (AvgIpc) is 4.10. The molecular weight excluding hydrogens is 833 g/mol. The lowest BCUT2D eigenvalue weighted by Crippen LogP contribution is -2.46. The summed E-state index contributed by atoms with van der Waals surface area (Å²) in [6, 6.07) is 35.2. The van der Waals surface area contributed by atoms with E-state index in [9.17, 15) is 0 Å². The highest BCUT2D eigenvalue weighted by Gasteiger charge is 2.25. The van der Waals surface area contributed by atoms with Crippen LogP contribution in [0, 0.1) is 0 Å². The molecule has 0 unspecified atom stereocenters. The van der Waals surface area contributed by atoms with Gasteiger partial charge in [-0.2, -0.15) is 5.10 Å². The van der Waals surface area contributed by atoms with Crippen LogP contribution in [0.2, 0.25) is 0 Å². The first kappa shape index (κ1) is 39.6. The quantitative estimate of drug-likeness (QED) is 0.124. The van der Waals surface area contributed by atoms with Gasteiger partial charge < -0.3 is 9.80 Å². The molecule has 314 valence electrons. The van der Waals surface area contributed by atoms with E-state index in [0.717, 1.165) is 115 Å². The largest absolute Gasteiger partial charge is 0.355 e. The summed E-state index contributed by atoms with van der Waals surface area (Å²) in [7, 11) is 4.00. The van der Waals surface area contributed by atoms with Crippen molar-refractivity contribution in [2.45, 2.75) is 13.1 Å². The Hall–Kier alpha value is -7.26. The molecule has 0 atom stereocenters. The standard InChI is InChI=1S/C50H42N12S2/c1-59(28-34-27-53-60(2)29-34)47-43-39(32-63-49(43)57-45(55-47)41-13-6-7-21-52-41)36-16-18-37(19-17-36)40-14-8-15-42(54-40)46-56-48(44-38(31-64-50(44)58-46)35-11-4-3-5-12-35)62-24-22-61(23-25-62)30-33-10-9-20-51-26-33/h3-21,26-27,29,31-32H,22-25,28,30H2,1-2H3. The summed E-state index contributed by atoms with van der Waals surface area (Å²) in [6.45, 7) is 5.08. The van der Waals surface area contributed by atoms with Gasteiger partial charge in [0.05, 0.1) is 22.7 Å². The number of anilines is 2. The van der Waals surface area contributed by atoms with E-state index >= 15 is 0 Å². The first-order valence-electron chi connectivity index (χ1n) is 21.2. The zero-order valence-corrected chi connectivity index (χ0v) is 36.9. The van der Waals surface area contributed by atoms with Crippen LogP contribution in [0.1, 0.15) is 11.1 Å². The molecule has 0 spiro atoms. The maximum absolute atomic E-state index is 5.36. The molecule has 8 aromatic heterocycles. The highest BCUT2D eigenvalue weighted by Crippen LogP contribution is 2.42. The normalized spacial score (nSPS) is 13.2. The van der Waals surface area contributed by atoms with Crippen molar-refractivity contribution >= 4 is 54.7 Å². The number of fused-ring (bicyclic) bond motifs is 2. The molecule has 1 aliphatic heterocycles. The molecule has 1 fully saturated rings. The first-order chi connectivity index (χ1) is 31.5. The second kappa shape index (κ2) is 17.1. The van der Waals surface area contributed by atoms with Crippen LogP contribution in [0.15, 0.2) is 145 Å². The second-order valence-electron chi connectivity index (χ2n) is 16.0. The third kappa shape index (κ3) is 7.87. The van der Waals surface area contributed by atoms with Gasteiger partial charge in [0, 0.05) is 111 Å². The molecule has 9 heterocycles. The van der Waals surface area contributed by atoms with Crippen LogP contribution in [-0.2, 0) is 20.1 Å². The monoisotopic (exact) mass is 874 g/mol. The molecule has 1 saturated heterocycles. The van der Waals surface area contributed by atoms with Gasteiger partial charge in [0.2, 0.25) is 0 Å². The molecule has 64 heavy (non-hydrogen) atoms. The lowest BCUT2D eigenvalue weighted by molar-refractivity contribution is 0.249. The number of piperazine rings is 1. The van der Waals surface area contributed by atoms with E-state index in [1.165, 1.54) is 5.56 Å². The smallest absolute Gasteiger partial charge is 0.181 e. The Morgan fingerprint density at radius 1 is 0.594 bits per heavy atom. The van der Waals surface area contributed by atoms with Crippen molar-refractivity contribution in [3.05, 3.63) is 156 Å². The van der Waals surface area contributed by atoms with Crippen LogP contribution >= 0.6 is 22.7 Å². The number of rotatable bonds is 11. The molecule has 0 radical (unpaired) electrons. The molecule has 0 aliphatic carbocycles. The minimum absolute atomic E-state index is 0.598. The van der Waals surface area contributed by atoms with E-state index < -0.39 is 0 Å². The van der Waals surface area contributed by atoms with Crippen molar-refractivity contribution in [1.82, 2.24) is 49.6 Å². The third-order valence-electron chi connectivity index (χ3n) is 11.6. The number of hydrogen-bond acceptors (Lipinski definition) is 13. The van der Waals surface area contributed by atoms with Crippen molar-refractivity contribution in [2.75, 3.05) is 43.0 Å². The molecule has 0 N–H and O–H groups in total. The summed E-state index contributed by atoms with van der Waals surface area (Å²) in [5, 5.41) is 10.9. The average molecular weight is 875 g/mol. The van der Waals surface area contributed by atoms with E-state index in [4.69, 9.17) is 24.9 Å². The Balaban J connectivity index is 0.915. The summed E-state index contributed by atoms with van der Waals surface area (Å²) in [5.74, 6) is 3.02. The topological polar surface area (TPSA) is 118 Å². The minimum atomic E-state index is 0.598. The van der Waals surface area contributed by atoms with Crippen molar-refractivity contribution in [2.24, 2.45) is 7.05 Å². The first-order valence-corrected chi connectivity index (χ1v) is 22.9. The van der Waals surface area contributed by atoms with E-state index in [-0.39, 0.29) is 0 Å². The zero-order chi connectivity index (χ0) is 43.0. The van der Waals surface area contributed by atoms with Gasteiger partial charge in [-0.15, -0.1) is 22.7 Å². The lowest BCUT2D eigenvalue weighted by Gasteiger charge is -2.35. The summed E-state index contributed by atoms with van der Waals surface area (Å²) in [4.78, 5) is 43.7. The van der Waals surface area contributed by atoms with E-state index in [1.807, 2.05) is 72.9 Å². The minimum Gasteiger partial charge on any atom is -0.355 e. The number of aryl methyl sites for hydroxylation is 1. The number of thiophene rings is 2. The predicted octanol–water partition coefficient (Wildman–Crippen LogP) is 9.91. The molecule has 0 saturated carbocycles. The Labute approximate surface area is 378 Å². The number of aromatic nitrogens is 9. The van der Waals surface area contributed by atoms with Crippen LogP contribution in [0.3, 0.4) is 0 Å². The van der Waals surface area contributed by atoms with Gasteiger partial charge in [-0.1, -0.05) is 72.8 Å². The van der Waals surface area contributed by atoms with Gasteiger partial charge in [-0.05, 0) is 47.0 Å². The van der Waals surface area contributed by atoms with E-state index in [1.54, 1.807) is 28.9 Å². The number of hydrogen-bond donors (Lipinski definition) is 0. The highest BCUT2D eigenvalue weighted by atomic mass is 32.1. The molecule has 11 rings (SSSR count). The fraction of sp³-hybridized carbons (Fsp3) is 0.160. The zero-order valence-electron chi connectivity index (χ0n) is 35.3. The van der Waals surface area contributed by atoms with Crippen LogP contribution < -0.4 is 9.80 Å². The number of pyridine rings is 3. The summed E-state index contributed by atoms with van der Waals surface area (Å²) in [5.41, 5.74) is 10.1. The van der Waals surface area contributed by atoms with Crippen molar-refractivity contribution in [3.8, 4) is 56.5 Å². The van der Waals surface area contributed by atoms with Crippen molar-refractivity contribution in [1.29, 1.82) is 0 Å². The van der Waals surface area contributed by atoms with E-state index in [2.05, 4.69) is 114 Å². The molecule has 12 nitrogen and oxygen atoms in total. The van der Waals surface area contributed by atoms with Crippen LogP contribution in [0.5, 0.6) is 0 Å². The van der Waals surface area contributed by atoms with Crippen molar-refractivity contribution < 1.29 is 0 Å².